The Bertz CT molecular complexity index is 420. The number of nitrogens with one attached hydrogen (secondary N) is 1. The maximum Gasteiger partial charge on any atom is 0.136 e. The molecule has 106 valence electrons. The standard InChI is InChI=1S/C15H26N4/c1-11-10-13(8-9-16-11)15-18-17-12(2)19(15)14-6-4-3-5-7-14/h11,13-14,16H,3-10H2,1-2H3. The minimum Gasteiger partial charge on any atom is -0.314 e. The maximum atomic E-state index is 4.53. The third-order valence-corrected chi connectivity index (χ3v) is 4.82. The summed E-state index contributed by atoms with van der Waals surface area (Å²) in [5, 5.41) is 12.4. The van der Waals surface area contributed by atoms with Crippen LogP contribution in [0.4, 0.5) is 0 Å². The number of hydrogen-bond acceptors (Lipinski definition) is 3. The Morgan fingerprint density at radius 1 is 1.11 bits per heavy atom. The average molecular weight is 262 g/mol. The molecular weight excluding hydrogens is 236 g/mol. The number of aryl methyl sites for hydroxylation is 1. The zero-order valence-corrected chi connectivity index (χ0v) is 12.2. The van der Waals surface area contributed by atoms with Crippen LogP contribution in [0.3, 0.4) is 0 Å². The van der Waals surface area contributed by atoms with Gasteiger partial charge in [-0.15, -0.1) is 10.2 Å². The molecule has 1 N–H and O–H groups in total. The van der Waals surface area contributed by atoms with E-state index < -0.39 is 0 Å². The normalized spacial score (nSPS) is 29.6. The molecule has 0 radical (unpaired) electrons. The van der Waals surface area contributed by atoms with Crippen molar-refractivity contribution in [2.45, 2.75) is 76.8 Å². The molecule has 0 aromatic carbocycles. The van der Waals surface area contributed by atoms with Crippen molar-refractivity contribution in [2.75, 3.05) is 6.54 Å². The van der Waals surface area contributed by atoms with Crippen LogP contribution in [0.1, 0.15) is 75.5 Å². The van der Waals surface area contributed by atoms with Crippen molar-refractivity contribution in [2.24, 2.45) is 0 Å². The van der Waals surface area contributed by atoms with Crippen molar-refractivity contribution in [3.8, 4) is 0 Å². The Morgan fingerprint density at radius 2 is 1.89 bits per heavy atom. The van der Waals surface area contributed by atoms with Gasteiger partial charge in [0.2, 0.25) is 0 Å². The molecule has 1 saturated heterocycles. The lowest BCUT2D eigenvalue weighted by atomic mass is 9.90. The van der Waals surface area contributed by atoms with E-state index in [1.807, 2.05) is 0 Å². The summed E-state index contributed by atoms with van der Waals surface area (Å²) >= 11 is 0. The van der Waals surface area contributed by atoms with Gasteiger partial charge in [0.1, 0.15) is 11.6 Å². The summed E-state index contributed by atoms with van der Waals surface area (Å²) in [6, 6.07) is 1.26. The highest BCUT2D eigenvalue weighted by molar-refractivity contribution is 5.06. The number of aromatic nitrogens is 3. The molecule has 1 aliphatic carbocycles. The summed E-state index contributed by atoms with van der Waals surface area (Å²) in [7, 11) is 0. The molecule has 2 unspecified atom stereocenters. The Labute approximate surface area is 116 Å². The molecule has 1 aromatic rings. The van der Waals surface area contributed by atoms with Crippen molar-refractivity contribution in [1.29, 1.82) is 0 Å². The van der Waals surface area contributed by atoms with E-state index in [2.05, 4.69) is 33.9 Å². The van der Waals surface area contributed by atoms with E-state index in [9.17, 15) is 0 Å². The van der Waals surface area contributed by atoms with Crippen LogP contribution in [-0.2, 0) is 0 Å². The van der Waals surface area contributed by atoms with E-state index in [-0.39, 0.29) is 0 Å². The van der Waals surface area contributed by atoms with Crippen LogP contribution in [0.5, 0.6) is 0 Å². The van der Waals surface area contributed by atoms with E-state index in [1.54, 1.807) is 0 Å². The minimum absolute atomic E-state index is 0.597. The number of piperidine rings is 1. The molecule has 2 aliphatic rings. The van der Waals surface area contributed by atoms with E-state index in [0.717, 1.165) is 12.4 Å². The van der Waals surface area contributed by atoms with E-state index >= 15 is 0 Å². The average Bonchev–Trinajstić information content (AvgIpc) is 2.82. The second kappa shape index (κ2) is 5.61. The summed E-state index contributed by atoms with van der Waals surface area (Å²) in [6.45, 7) is 5.51. The SMILES string of the molecule is Cc1nnc(C2CCNC(C)C2)n1C1CCCCC1. The Kier molecular flexibility index (Phi) is 3.87. The first-order valence-corrected chi connectivity index (χ1v) is 7.90. The van der Waals surface area contributed by atoms with E-state index in [4.69, 9.17) is 0 Å². The highest BCUT2D eigenvalue weighted by Crippen LogP contribution is 2.34. The summed E-state index contributed by atoms with van der Waals surface area (Å²) in [6.07, 6.45) is 9.16. The third kappa shape index (κ3) is 2.69. The van der Waals surface area contributed by atoms with Crippen LogP contribution in [0.2, 0.25) is 0 Å². The zero-order valence-electron chi connectivity index (χ0n) is 12.2. The van der Waals surface area contributed by atoms with Gasteiger partial charge in [0.25, 0.3) is 0 Å². The van der Waals surface area contributed by atoms with Gasteiger partial charge in [0.05, 0.1) is 0 Å². The molecule has 1 aliphatic heterocycles. The fourth-order valence-corrected chi connectivity index (χ4v) is 3.82. The predicted molar refractivity (Wildman–Crippen MR) is 76.3 cm³/mol. The van der Waals surface area contributed by atoms with Crippen LogP contribution in [0.15, 0.2) is 0 Å². The van der Waals surface area contributed by atoms with Gasteiger partial charge in [0, 0.05) is 18.0 Å². The molecule has 4 heteroatoms. The van der Waals surface area contributed by atoms with Crippen LogP contribution in [-0.4, -0.2) is 27.4 Å². The molecule has 1 aromatic heterocycles. The zero-order chi connectivity index (χ0) is 13.2. The first-order valence-electron chi connectivity index (χ1n) is 7.90. The summed E-state index contributed by atoms with van der Waals surface area (Å²) in [5.41, 5.74) is 0. The minimum atomic E-state index is 0.597. The lowest BCUT2D eigenvalue weighted by Gasteiger charge is -2.31. The smallest absolute Gasteiger partial charge is 0.136 e. The number of hydrogen-bond donors (Lipinski definition) is 1. The maximum absolute atomic E-state index is 4.53. The molecule has 0 spiro atoms. The molecule has 0 amide bonds. The molecule has 2 atom stereocenters. The van der Waals surface area contributed by atoms with Gasteiger partial charge in [-0.1, -0.05) is 19.3 Å². The summed E-state index contributed by atoms with van der Waals surface area (Å²) < 4.78 is 2.47. The lowest BCUT2D eigenvalue weighted by molar-refractivity contribution is 0.313. The van der Waals surface area contributed by atoms with Gasteiger partial charge >= 0.3 is 0 Å². The molecule has 3 rings (SSSR count). The summed E-state index contributed by atoms with van der Waals surface area (Å²) in [5.74, 6) is 2.98. The summed E-state index contributed by atoms with van der Waals surface area (Å²) in [4.78, 5) is 0. The second-order valence-electron chi connectivity index (χ2n) is 6.34. The van der Waals surface area contributed by atoms with Crippen LogP contribution in [0.25, 0.3) is 0 Å². The lowest BCUT2D eigenvalue weighted by Crippen LogP contribution is -2.36. The van der Waals surface area contributed by atoms with Crippen molar-refractivity contribution < 1.29 is 0 Å². The number of nitrogens with zero attached hydrogens (tertiary/aromatic N) is 3. The van der Waals surface area contributed by atoms with Gasteiger partial charge in [-0.25, -0.2) is 0 Å². The molecule has 1 saturated carbocycles. The molecule has 19 heavy (non-hydrogen) atoms. The Balaban J connectivity index is 1.84. The highest BCUT2D eigenvalue weighted by atomic mass is 15.3. The Hall–Kier alpha value is -0.900. The highest BCUT2D eigenvalue weighted by Gasteiger charge is 2.28. The van der Waals surface area contributed by atoms with Gasteiger partial charge < -0.3 is 9.88 Å². The van der Waals surface area contributed by atoms with Crippen LogP contribution >= 0.6 is 0 Å². The van der Waals surface area contributed by atoms with Crippen LogP contribution < -0.4 is 5.32 Å². The monoisotopic (exact) mass is 262 g/mol. The van der Waals surface area contributed by atoms with Gasteiger partial charge in [-0.05, 0) is 46.1 Å². The quantitative estimate of drug-likeness (QED) is 0.891. The van der Waals surface area contributed by atoms with Gasteiger partial charge in [-0.2, -0.15) is 0 Å². The fourth-order valence-electron chi connectivity index (χ4n) is 3.82. The third-order valence-electron chi connectivity index (χ3n) is 4.82. The molecule has 2 heterocycles. The first kappa shape index (κ1) is 13.1. The van der Waals surface area contributed by atoms with E-state index in [1.165, 1.54) is 50.8 Å². The molecule has 4 nitrogen and oxygen atoms in total. The largest absolute Gasteiger partial charge is 0.314 e. The fraction of sp³-hybridized carbons (Fsp3) is 0.867. The van der Waals surface area contributed by atoms with Crippen molar-refractivity contribution in [3.63, 3.8) is 0 Å². The van der Waals surface area contributed by atoms with Crippen molar-refractivity contribution in [3.05, 3.63) is 11.6 Å². The van der Waals surface area contributed by atoms with E-state index in [0.29, 0.717) is 18.0 Å². The predicted octanol–water partition coefficient (Wildman–Crippen LogP) is 2.95. The molecule has 2 fully saturated rings. The van der Waals surface area contributed by atoms with Crippen LogP contribution in [0, 0.1) is 6.92 Å². The van der Waals surface area contributed by atoms with Crippen molar-refractivity contribution >= 4 is 0 Å². The van der Waals surface area contributed by atoms with Gasteiger partial charge in [-0.3, -0.25) is 0 Å². The Morgan fingerprint density at radius 3 is 2.63 bits per heavy atom. The number of rotatable bonds is 2. The van der Waals surface area contributed by atoms with Gasteiger partial charge in [0.15, 0.2) is 0 Å². The second-order valence-corrected chi connectivity index (χ2v) is 6.34. The van der Waals surface area contributed by atoms with Crippen molar-refractivity contribution in [1.82, 2.24) is 20.1 Å². The molecule has 0 bridgehead atoms. The topological polar surface area (TPSA) is 42.7 Å². The first-order chi connectivity index (χ1) is 9.25. The molecular formula is C15H26N4.